The van der Waals surface area contributed by atoms with E-state index >= 15 is 0 Å². The van der Waals surface area contributed by atoms with E-state index in [4.69, 9.17) is 9.47 Å². The quantitative estimate of drug-likeness (QED) is 0.847. The standard InChI is InChI=1S/C15H16N2O3/c1-19-13-8-4-3-7-12(13)17-14(15(18)20-2)11-6-5-9-16-10-11/h3-10,14,17H,1-2H3. The number of ether oxygens (including phenoxy) is 2. The summed E-state index contributed by atoms with van der Waals surface area (Å²) in [6, 6.07) is 10.3. The van der Waals surface area contributed by atoms with Crippen molar-refractivity contribution in [1.29, 1.82) is 0 Å². The van der Waals surface area contributed by atoms with Gasteiger partial charge in [0.15, 0.2) is 6.04 Å². The minimum atomic E-state index is -0.634. The molecule has 0 bridgehead atoms. The maximum absolute atomic E-state index is 12.0. The molecule has 0 spiro atoms. The minimum absolute atomic E-state index is 0.385. The van der Waals surface area contributed by atoms with Gasteiger partial charge >= 0.3 is 5.97 Å². The van der Waals surface area contributed by atoms with E-state index in [-0.39, 0.29) is 5.97 Å². The van der Waals surface area contributed by atoms with Crippen LogP contribution < -0.4 is 10.1 Å². The molecule has 0 radical (unpaired) electrons. The van der Waals surface area contributed by atoms with Crippen LogP contribution in [0.4, 0.5) is 5.69 Å². The number of carbonyl (C=O) groups is 1. The van der Waals surface area contributed by atoms with Crippen LogP contribution in [0.25, 0.3) is 0 Å². The zero-order valence-electron chi connectivity index (χ0n) is 11.4. The Balaban J connectivity index is 2.31. The summed E-state index contributed by atoms with van der Waals surface area (Å²) in [5.41, 5.74) is 1.44. The zero-order valence-corrected chi connectivity index (χ0v) is 11.4. The van der Waals surface area contributed by atoms with Gasteiger partial charge in [0, 0.05) is 18.0 Å². The molecule has 1 heterocycles. The number of methoxy groups -OCH3 is 2. The maximum atomic E-state index is 12.0. The third-order valence-electron chi connectivity index (χ3n) is 2.86. The molecule has 20 heavy (non-hydrogen) atoms. The maximum Gasteiger partial charge on any atom is 0.333 e. The number of esters is 1. The van der Waals surface area contributed by atoms with Gasteiger partial charge in [-0.25, -0.2) is 4.79 Å². The molecule has 5 nitrogen and oxygen atoms in total. The SMILES string of the molecule is COC(=O)C(Nc1ccccc1OC)c1cccnc1. The summed E-state index contributed by atoms with van der Waals surface area (Å²) >= 11 is 0. The predicted molar refractivity (Wildman–Crippen MR) is 75.6 cm³/mol. The first kappa shape index (κ1) is 13.9. The highest BCUT2D eigenvalue weighted by Gasteiger charge is 2.22. The van der Waals surface area contributed by atoms with Gasteiger partial charge in [0.2, 0.25) is 0 Å². The Labute approximate surface area is 117 Å². The molecule has 104 valence electrons. The molecule has 2 aromatic rings. The topological polar surface area (TPSA) is 60.5 Å². The Morgan fingerprint density at radius 1 is 1.20 bits per heavy atom. The lowest BCUT2D eigenvalue weighted by atomic mass is 10.1. The third-order valence-corrected chi connectivity index (χ3v) is 2.86. The summed E-state index contributed by atoms with van der Waals surface area (Å²) < 4.78 is 10.1. The van der Waals surface area contributed by atoms with E-state index < -0.39 is 6.04 Å². The van der Waals surface area contributed by atoms with Crippen molar-refractivity contribution in [1.82, 2.24) is 4.98 Å². The molecule has 1 aromatic heterocycles. The van der Waals surface area contributed by atoms with Crippen LogP contribution in [0.1, 0.15) is 11.6 Å². The molecule has 1 unspecified atom stereocenters. The van der Waals surface area contributed by atoms with Crippen molar-refractivity contribution in [2.75, 3.05) is 19.5 Å². The zero-order chi connectivity index (χ0) is 14.4. The Morgan fingerprint density at radius 3 is 2.65 bits per heavy atom. The van der Waals surface area contributed by atoms with E-state index in [1.165, 1.54) is 7.11 Å². The predicted octanol–water partition coefficient (Wildman–Crippen LogP) is 2.42. The largest absolute Gasteiger partial charge is 0.495 e. The number of para-hydroxylation sites is 2. The number of pyridine rings is 1. The molecule has 0 saturated carbocycles. The van der Waals surface area contributed by atoms with Crippen LogP contribution in [0.5, 0.6) is 5.75 Å². The normalized spacial score (nSPS) is 11.5. The van der Waals surface area contributed by atoms with E-state index in [0.717, 1.165) is 5.56 Å². The van der Waals surface area contributed by atoms with Crippen molar-refractivity contribution in [3.05, 3.63) is 54.4 Å². The number of anilines is 1. The summed E-state index contributed by atoms with van der Waals surface area (Å²) in [5, 5.41) is 3.13. The van der Waals surface area contributed by atoms with Gasteiger partial charge < -0.3 is 14.8 Å². The molecule has 0 aliphatic rings. The lowest BCUT2D eigenvalue weighted by molar-refractivity contribution is -0.141. The molecule has 0 aliphatic heterocycles. The van der Waals surface area contributed by atoms with Gasteiger partial charge in [0.25, 0.3) is 0 Å². The fourth-order valence-corrected chi connectivity index (χ4v) is 1.86. The van der Waals surface area contributed by atoms with Crippen molar-refractivity contribution < 1.29 is 14.3 Å². The lowest BCUT2D eigenvalue weighted by Gasteiger charge is -2.19. The molecule has 1 aromatic carbocycles. The molecular weight excluding hydrogens is 256 g/mol. The number of nitrogens with one attached hydrogen (secondary N) is 1. The number of hydrogen-bond acceptors (Lipinski definition) is 5. The van der Waals surface area contributed by atoms with Crippen molar-refractivity contribution in [2.24, 2.45) is 0 Å². The van der Waals surface area contributed by atoms with E-state index in [9.17, 15) is 4.79 Å². The summed E-state index contributed by atoms with van der Waals surface area (Å²) in [6.07, 6.45) is 3.28. The molecular formula is C15H16N2O3. The van der Waals surface area contributed by atoms with Crippen LogP contribution in [0.2, 0.25) is 0 Å². The van der Waals surface area contributed by atoms with Crippen LogP contribution in [0.15, 0.2) is 48.8 Å². The molecule has 0 aliphatic carbocycles. The fourth-order valence-electron chi connectivity index (χ4n) is 1.86. The van der Waals surface area contributed by atoms with E-state index in [2.05, 4.69) is 10.3 Å². The number of benzene rings is 1. The molecule has 1 atom stereocenters. The molecule has 0 fully saturated rings. The Bertz CT molecular complexity index is 572. The van der Waals surface area contributed by atoms with E-state index in [1.54, 1.807) is 25.6 Å². The van der Waals surface area contributed by atoms with Gasteiger partial charge in [0.1, 0.15) is 5.75 Å². The highest BCUT2D eigenvalue weighted by atomic mass is 16.5. The highest BCUT2D eigenvalue weighted by Crippen LogP contribution is 2.28. The van der Waals surface area contributed by atoms with Crippen LogP contribution in [-0.4, -0.2) is 25.2 Å². The van der Waals surface area contributed by atoms with Gasteiger partial charge in [-0.2, -0.15) is 0 Å². The van der Waals surface area contributed by atoms with Crippen LogP contribution in [0.3, 0.4) is 0 Å². The molecule has 0 amide bonds. The van der Waals surface area contributed by atoms with E-state index in [0.29, 0.717) is 11.4 Å². The average Bonchev–Trinajstić information content (AvgIpc) is 2.53. The molecule has 5 heteroatoms. The van der Waals surface area contributed by atoms with Gasteiger partial charge in [-0.05, 0) is 18.2 Å². The number of rotatable bonds is 5. The summed E-state index contributed by atoms with van der Waals surface area (Å²) in [6.45, 7) is 0. The second kappa shape index (κ2) is 6.56. The summed E-state index contributed by atoms with van der Waals surface area (Å²) in [7, 11) is 2.94. The Hall–Kier alpha value is -2.56. The van der Waals surface area contributed by atoms with Gasteiger partial charge in [-0.3, -0.25) is 4.98 Å². The minimum Gasteiger partial charge on any atom is -0.495 e. The highest BCUT2D eigenvalue weighted by molar-refractivity contribution is 5.81. The first-order valence-electron chi connectivity index (χ1n) is 6.13. The summed E-state index contributed by atoms with van der Waals surface area (Å²) in [5.74, 6) is 0.272. The van der Waals surface area contributed by atoms with Gasteiger partial charge in [0.05, 0.1) is 19.9 Å². The Morgan fingerprint density at radius 2 is 2.00 bits per heavy atom. The van der Waals surface area contributed by atoms with Gasteiger partial charge in [-0.15, -0.1) is 0 Å². The molecule has 2 rings (SSSR count). The van der Waals surface area contributed by atoms with Crippen molar-refractivity contribution in [2.45, 2.75) is 6.04 Å². The molecule has 0 saturated heterocycles. The monoisotopic (exact) mass is 272 g/mol. The summed E-state index contributed by atoms with van der Waals surface area (Å²) in [4.78, 5) is 16.0. The first-order valence-corrected chi connectivity index (χ1v) is 6.13. The average molecular weight is 272 g/mol. The third kappa shape index (κ3) is 3.06. The number of aromatic nitrogens is 1. The number of nitrogens with zero attached hydrogens (tertiary/aromatic N) is 1. The number of hydrogen-bond donors (Lipinski definition) is 1. The van der Waals surface area contributed by atoms with Crippen molar-refractivity contribution in [3.8, 4) is 5.75 Å². The number of carbonyl (C=O) groups excluding carboxylic acids is 1. The first-order chi connectivity index (χ1) is 9.76. The van der Waals surface area contributed by atoms with E-state index in [1.807, 2.05) is 30.3 Å². The van der Waals surface area contributed by atoms with Crippen molar-refractivity contribution in [3.63, 3.8) is 0 Å². The van der Waals surface area contributed by atoms with Crippen molar-refractivity contribution >= 4 is 11.7 Å². The lowest BCUT2D eigenvalue weighted by Crippen LogP contribution is -2.22. The Kier molecular flexibility index (Phi) is 4.55. The van der Waals surface area contributed by atoms with Crippen LogP contribution in [0, 0.1) is 0 Å². The second-order valence-electron chi connectivity index (χ2n) is 4.09. The smallest absolute Gasteiger partial charge is 0.333 e. The van der Waals surface area contributed by atoms with Crippen LogP contribution >= 0.6 is 0 Å². The van der Waals surface area contributed by atoms with Crippen LogP contribution in [-0.2, 0) is 9.53 Å². The fraction of sp³-hybridized carbons (Fsp3) is 0.200. The second-order valence-corrected chi connectivity index (χ2v) is 4.09. The van der Waals surface area contributed by atoms with Gasteiger partial charge in [-0.1, -0.05) is 18.2 Å². The molecule has 1 N–H and O–H groups in total.